The van der Waals surface area contributed by atoms with E-state index in [1.807, 2.05) is 6.26 Å². The molecule has 1 fully saturated rings. The zero-order valence-corrected chi connectivity index (χ0v) is 12.9. The lowest BCUT2D eigenvalue weighted by atomic mass is 10.2. The number of nitrogens with two attached hydrogens (primary N) is 1. The third-order valence-corrected chi connectivity index (χ3v) is 3.59. The summed E-state index contributed by atoms with van der Waals surface area (Å²) in [6.45, 7) is 2.10. The van der Waals surface area contributed by atoms with Crippen molar-refractivity contribution < 1.29 is 9.53 Å². The highest BCUT2D eigenvalue weighted by Crippen LogP contribution is 2.28. The van der Waals surface area contributed by atoms with Crippen LogP contribution in [0.3, 0.4) is 0 Å². The van der Waals surface area contributed by atoms with Gasteiger partial charge in [-0.15, -0.1) is 12.4 Å². The molecule has 18 heavy (non-hydrogen) atoms. The van der Waals surface area contributed by atoms with E-state index in [1.54, 1.807) is 23.7 Å². The van der Waals surface area contributed by atoms with Crippen LogP contribution in [0, 0.1) is 5.92 Å². The van der Waals surface area contributed by atoms with Gasteiger partial charge in [0.1, 0.15) is 0 Å². The zero-order chi connectivity index (χ0) is 12.7. The first kappa shape index (κ1) is 18.0. The van der Waals surface area contributed by atoms with Crippen LogP contribution in [-0.2, 0) is 9.53 Å². The van der Waals surface area contributed by atoms with Gasteiger partial charge in [-0.2, -0.15) is 11.8 Å². The molecule has 0 bridgehead atoms. The van der Waals surface area contributed by atoms with Crippen molar-refractivity contribution in [2.45, 2.75) is 25.3 Å². The average Bonchev–Trinajstić information content (AvgIpc) is 3.14. The molecule has 1 rings (SSSR count). The number of halogens is 1. The number of hydrogen-bond donors (Lipinski definition) is 1. The summed E-state index contributed by atoms with van der Waals surface area (Å²) in [5, 5.41) is 0. The number of carbonyl (C=O) groups is 1. The van der Waals surface area contributed by atoms with E-state index in [2.05, 4.69) is 0 Å². The Morgan fingerprint density at radius 1 is 1.56 bits per heavy atom. The van der Waals surface area contributed by atoms with E-state index < -0.39 is 0 Å². The van der Waals surface area contributed by atoms with Crippen LogP contribution in [-0.4, -0.2) is 55.7 Å². The van der Waals surface area contributed by atoms with E-state index in [0.717, 1.165) is 24.7 Å². The SMILES string of the molecule is CSCC[C@H](N)C(=O)N(C)CCOCC1CC1.Cl. The molecule has 4 nitrogen and oxygen atoms in total. The van der Waals surface area contributed by atoms with Crippen molar-refractivity contribution in [1.82, 2.24) is 4.90 Å². The summed E-state index contributed by atoms with van der Waals surface area (Å²) >= 11 is 1.72. The van der Waals surface area contributed by atoms with Crippen molar-refractivity contribution in [2.75, 3.05) is 38.8 Å². The zero-order valence-electron chi connectivity index (χ0n) is 11.3. The Hall–Kier alpha value is 0.0300. The van der Waals surface area contributed by atoms with Gasteiger partial charge in [0.15, 0.2) is 0 Å². The lowest BCUT2D eigenvalue weighted by Crippen LogP contribution is -2.43. The normalized spacial score (nSPS) is 15.9. The predicted molar refractivity (Wildman–Crippen MR) is 79.4 cm³/mol. The average molecular weight is 297 g/mol. The van der Waals surface area contributed by atoms with Gasteiger partial charge in [-0.05, 0) is 37.2 Å². The predicted octanol–water partition coefficient (Wildman–Crippen LogP) is 1.37. The maximum Gasteiger partial charge on any atom is 0.239 e. The fourth-order valence-corrected chi connectivity index (χ4v) is 1.99. The number of nitrogens with zero attached hydrogens (tertiary/aromatic N) is 1. The van der Waals surface area contributed by atoms with E-state index in [1.165, 1.54) is 12.8 Å². The number of likely N-dealkylation sites (N-methyl/N-ethyl adjacent to an activating group) is 1. The van der Waals surface area contributed by atoms with Gasteiger partial charge in [-0.25, -0.2) is 0 Å². The first-order chi connectivity index (χ1) is 8.15. The van der Waals surface area contributed by atoms with Crippen molar-refractivity contribution in [2.24, 2.45) is 11.7 Å². The van der Waals surface area contributed by atoms with E-state index in [9.17, 15) is 4.79 Å². The molecule has 1 amide bonds. The Morgan fingerprint density at radius 3 is 2.78 bits per heavy atom. The lowest BCUT2D eigenvalue weighted by molar-refractivity contribution is -0.132. The molecule has 1 aliphatic carbocycles. The minimum atomic E-state index is -0.365. The summed E-state index contributed by atoms with van der Waals surface area (Å²) < 4.78 is 5.50. The van der Waals surface area contributed by atoms with Crippen molar-refractivity contribution in [3.8, 4) is 0 Å². The molecule has 0 saturated heterocycles. The minimum absolute atomic E-state index is 0. The molecular formula is C12H25ClN2O2S. The standard InChI is InChI=1S/C12H24N2O2S.ClH/c1-14(6-7-16-9-10-3-4-10)12(15)11(13)5-8-17-2;/h10-11H,3-9,13H2,1-2H3;1H/t11-;/m0./s1. The van der Waals surface area contributed by atoms with Crippen LogP contribution >= 0.6 is 24.2 Å². The maximum absolute atomic E-state index is 11.8. The Morgan fingerprint density at radius 2 is 2.22 bits per heavy atom. The lowest BCUT2D eigenvalue weighted by Gasteiger charge is -2.21. The summed E-state index contributed by atoms with van der Waals surface area (Å²) in [7, 11) is 1.79. The molecule has 6 heteroatoms. The van der Waals surface area contributed by atoms with Gasteiger partial charge in [0.25, 0.3) is 0 Å². The van der Waals surface area contributed by atoms with Gasteiger partial charge in [-0.1, -0.05) is 0 Å². The van der Waals surface area contributed by atoms with Crippen LogP contribution < -0.4 is 5.73 Å². The number of carbonyl (C=O) groups excluding carboxylic acids is 1. The summed E-state index contributed by atoms with van der Waals surface area (Å²) in [4.78, 5) is 13.5. The number of rotatable bonds is 9. The van der Waals surface area contributed by atoms with Crippen LogP contribution in [0.5, 0.6) is 0 Å². The molecule has 0 aromatic rings. The van der Waals surface area contributed by atoms with Crippen LogP contribution in [0.4, 0.5) is 0 Å². The quantitative estimate of drug-likeness (QED) is 0.653. The van der Waals surface area contributed by atoms with E-state index in [0.29, 0.717) is 13.2 Å². The third-order valence-electron chi connectivity index (χ3n) is 2.95. The Balaban J connectivity index is 0.00000289. The van der Waals surface area contributed by atoms with Gasteiger partial charge in [0, 0.05) is 20.2 Å². The molecule has 0 aliphatic heterocycles. The van der Waals surface area contributed by atoms with Gasteiger partial charge >= 0.3 is 0 Å². The molecule has 1 saturated carbocycles. The summed E-state index contributed by atoms with van der Waals surface area (Å²) in [6.07, 6.45) is 5.36. The highest BCUT2D eigenvalue weighted by Gasteiger charge is 2.21. The maximum atomic E-state index is 11.8. The number of amides is 1. The monoisotopic (exact) mass is 296 g/mol. The number of thioether (sulfide) groups is 1. The van der Waals surface area contributed by atoms with Crippen LogP contribution in [0.2, 0.25) is 0 Å². The van der Waals surface area contributed by atoms with Crippen molar-refractivity contribution in [3.05, 3.63) is 0 Å². The molecule has 1 atom stereocenters. The topological polar surface area (TPSA) is 55.6 Å². The molecule has 0 aromatic carbocycles. The molecule has 1 aliphatic rings. The van der Waals surface area contributed by atoms with Gasteiger partial charge in [0.05, 0.1) is 12.6 Å². The second-order valence-corrected chi connectivity index (χ2v) is 5.65. The summed E-state index contributed by atoms with van der Waals surface area (Å²) in [6, 6.07) is -0.365. The fourth-order valence-electron chi connectivity index (χ4n) is 1.50. The van der Waals surface area contributed by atoms with Crippen molar-refractivity contribution in [1.29, 1.82) is 0 Å². The first-order valence-electron chi connectivity index (χ1n) is 6.22. The second kappa shape index (κ2) is 9.89. The van der Waals surface area contributed by atoms with Gasteiger partial charge in [-0.3, -0.25) is 4.79 Å². The molecule has 0 radical (unpaired) electrons. The molecule has 0 aromatic heterocycles. The summed E-state index contributed by atoms with van der Waals surface area (Å²) in [5.74, 6) is 1.73. The van der Waals surface area contributed by atoms with Gasteiger partial charge in [0.2, 0.25) is 5.91 Å². The smallest absolute Gasteiger partial charge is 0.239 e. The molecule has 0 spiro atoms. The molecular weight excluding hydrogens is 272 g/mol. The Bertz CT molecular complexity index is 240. The van der Waals surface area contributed by atoms with E-state index in [-0.39, 0.29) is 24.4 Å². The number of ether oxygens (including phenoxy) is 1. The Kier molecular flexibility index (Phi) is 9.91. The highest BCUT2D eigenvalue weighted by atomic mass is 35.5. The summed E-state index contributed by atoms with van der Waals surface area (Å²) in [5.41, 5.74) is 5.82. The molecule has 0 unspecified atom stereocenters. The largest absolute Gasteiger partial charge is 0.379 e. The van der Waals surface area contributed by atoms with Crippen molar-refractivity contribution in [3.63, 3.8) is 0 Å². The van der Waals surface area contributed by atoms with E-state index in [4.69, 9.17) is 10.5 Å². The van der Waals surface area contributed by atoms with Gasteiger partial charge < -0.3 is 15.4 Å². The minimum Gasteiger partial charge on any atom is -0.379 e. The van der Waals surface area contributed by atoms with Crippen LogP contribution in [0.25, 0.3) is 0 Å². The van der Waals surface area contributed by atoms with E-state index >= 15 is 0 Å². The Labute approximate surface area is 120 Å². The fraction of sp³-hybridized carbons (Fsp3) is 0.917. The highest BCUT2D eigenvalue weighted by molar-refractivity contribution is 7.98. The van der Waals surface area contributed by atoms with Crippen LogP contribution in [0.1, 0.15) is 19.3 Å². The third kappa shape index (κ3) is 7.46. The molecule has 2 N–H and O–H groups in total. The second-order valence-electron chi connectivity index (χ2n) is 4.67. The molecule has 0 heterocycles. The van der Waals surface area contributed by atoms with Crippen LogP contribution in [0.15, 0.2) is 0 Å². The van der Waals surface area contributed by atoms with Crippen molar-refractivity contribution >= 4 is 30.1 Å². The molecule has 108 valence electrons. The number of hydrogen-bond acceptors (Lipinski definition) is 4. The first-order valence-corrected chi connectivity index (χ1v) is 7.61.